The van der Waals surface area contributed by atoms with Gasteiger partial charge in [0.1, 0.15) is 48.3 Å². The fourth-order valence-electron chi connectivity index (χ4n) is 13.4. The average molecular weight is 1420 g/mol. The van der Waals surface area contributed by atoms with Gasteiger partial charge in [-0.2, -0.15) is 0 Å². The molecule has 2 heterocycles. The van der Waals surface area contributed by atoms with Gasteiger partial charge in [0.05, 0.1) is 31.5 Å². The Hall–Kier alpha value is -5.63. The number of allylic oxidation sites excluding steroid dienone is 2. The second-order valence-corrected chi connectivity index (χ2v) is 35.8. The number of nitrogens with zero attached hydrogens (tertiary/aromatic N) is 8. The van der Waals surface area contributed by atoms with Gasteiger partial charge >= 0.3 is 0 Å². The van der Waals surface area contributed by atoms with Gasteiger partial charge in [-0.3, -0.25) is 57.6 Å². The van der Waals surface area contributed by atoms with E-state index in [2.05, 4.69) is 15.5 Å². The molecule has 0 radical (unpaired) electrons. The molecular formula is C74H134N10O14Si. The summed E-state index contributed by atoms with van der Waals surface area (Å²) < 4.78 is 18.9. The predicted octanol–water partition coefficient (Wildman–Crippen LogP) is 7.17. The lowest BCUT2D eigenvalue weighted by molar-refractivity contribution is -0.157. The Bertz CT molecular complexity index is 2700. The number of nitrogens with one attached hydrogen (secondary N) is 2. The molecule has 0 spiro atoms. The van der Waals surface area contributed by atoms with E-state index in [-0.39, 0.29) is 68.8 Å². The topological polar surface area (TPSA) is 265 Å². The van der Waals surface area contributed by atoms with Crippen LogP contribution in [0, 0.1) is 47.3 Å². The molecule has 14 atom stereocenters. The summed E-state index contributed by atoms with van der Waals surface area (Å²) in [5.74, 6) is -10.0. The Morgan fingerprint density at radius 1 is 0.535 bits per heavy atom. The minimum atomic E-state index is -2.59. The molecule has 2 fully saturated rings. The molecule has 2 rings (SSSR count). The summed E-state index contributed by atoms with van der Waals surface area (Å²) in [5, 5.41) is 5.76. The maximum Gasteiger partial charge on any atom is 0.246 e. The molecule has 2 saturated heterocycles. The standard InChI is InChI=1S/C74H134N10O14Si/c1-28-30-33-50(13)65(98-99(25,26)27)64-67(88)76-56(29-2)71(92)77(18)53(16)69(90)82(23)63(54(17)97-37-32-31-34-84-35-38-96-39-36-84)61(86)44-55(48(9)10)70(91)78(19)57(40-45(3)4)60(85)43-51(14)66(87)75-52(15)68(89)79(20)58(41-46(5)6)72(93)80(21)59(42-47(7)8)73(94)81(22)62(49(11)12)74(95)83(64)24/h28,30,45-59,62-65H,29,31-44H2,1-27H3,(H,75,87)(H,76,88)/b30-28+/t50-,51-,52-,53-,54-,55+,56+,57+,58+,59+,62+,63+,64+,65-/m1/s1. The average Bonchev–Trinajstić information content (AvgIpc) is 0.801. The van der Waals surface area contributed by atoms with Crippen molar-refractivity contribution in [3.63, 3.8) is 0 Å². The summed E-state index contributed by atoms with van der Waals surface area (Å²) in [6, 6.07) is -10.8. The Morgan fingerprint density at radius 3 is 1.53 bits per heavy atom. The molecular weight excluding hydrogens is 1280 g/mol. The van der Waals surface area contributed by atoms with Crippen LogP contribution in [0.1, 0.15) is 175 Å². The lowest BCUT2D eigenvalue weighted by Crippen LogP contribution is -2.64. The third-order valence-electron chi connectivity index (χ3n) is 19.7. The molecule has 25 heteroatoms. The van der Waals surface area contributed by atoms with Crippen LogP contribution >= 0.6 is 0 Å². The van der Waals surface area contributed by atoms with E-state index in [1.165, 1.54) is 97.5 Å². The van der Waals surface area contributed by atoms with Crippen molar-refractivity contribution in [1.82, 2.24) is 49.8 Å². The summed E-state index contributed by atoms with van der Waals surface area (Å²) >= 11 is 0. The van der Waals surface area contributed by atoms with Gasteiger partial charge in [0.25, 0.3) is 0 Å². The second-order valence-electron chi connectivity index (χ2n) is 31.3. The lowest BCUT2D eigenvalue weighted by Gasteiger charge is -2.43. The maximum atomic E-state index is 15.7. The number of hydrogen-bond acceptors (Lipinski definition) is 15. The van der Waals surface area contributed by atoms with E-state index in [0.717, 1.165) is 26.1 Å². The van der Waals surface area contributed by atoms with E-state index < -0.39 is 163 Å². The summed E-state index contributed by atoms with van der Waals surface area (Å²) in [4.78, 5) is 177. The minimum Gasteiger partial charge on any atom is -0.412 e. The molecule has 0 saturated carbocycles. The van der Waals surface area contributed by atoms with E-state index in [0.29, 0.717) is 26.1 Å². The van der Waals surface area contributed by atoms with Crippen LogP contribution in [0.5, 0.6) is 0 Å². The summed E-state index contributed by atoms with van der Waals surface area (Å²) in [6.45, 7) is 40.4. The molecule has 2 N–H and O–H groups in total. The van der Waals surface area contributed by atoms with Gasteiger partial charge in [-0.05, 0) is 134 Å². The zero-order valence-corrected chi connectivity index (χ0v) is 67.0. The van der Waals surface area contributed by atoms with Crippen molar-refractivity contribution in [1.29, 1.82) is 0 Å². The normalized spacial score (nSPS) is 27.3. The van der Waals surface area contributed by atoms with Crippen molar-refractivity contribution < 1.29 is 66.6 Å². The van der Waals surface area contributed by atoms with Crippen molar-refractivity contribution in [2.45, 2.75) is 262 Å². The number of rotatable bonds is 22. The Balaban J connectivity index is 3.10. The first-order valence-corrected chi connectivity index (χ1v) is 40.0. The van der Waals surface area contributed by atoms with Crippen LogP contribution in [0.4, 0.5) is 0 Å². The Labute approximate surface area is 596 Å². The van der Waals surface area contributed by atoms with Gasteiger partial charge in [-0.1, -0.05) is 102 Å². The highest BCUT2D eigenvalue weighted by Crippen LogP contribution is 2.30. The van der Waals surface area contributed by atoms with Crippen LogP contribution in [-0.4, -0.2) is 268 Å². The summed E-state index contributed by atoms with van der Waals surface area (Å²) in [6.07, 6.45) is 3.86. The van der Waals surface area contributed by atoms with Gasteiger partial charge in [0, 0.05) is 93.7 Å². The van der Waals surface area contributed by atoms with Crippen molar-refractivity contribution in [3.05, 3.63) is 12.2 Å². The highest BCUT2D eigenvalue weighted by Gasteiger charge is 2.48. The Kier molecular flexibility index (Phi) is 37.5. The number of carbonyl (C=O) groups is 11. The molecule has 568 valence electrons. The summed E-state index contributed by atoms with van der Waals surface area (Å²) in [5.41, 5.74) is 0. The van der Waals surface area contributed by atoms with Crippen molar-refractivity contribution >= 4 is 73.0 Å². The summed E-state index contributed by atoms with van der Waals surface area (Å²) in [7, 11) is 7.83. The van der Waals surface area contributed by atoms with Gasteiger partial charge in [-0.15, -0.1) is 0 Å². The van der Waals surface area contributed by atoms with Crippen molar-refractivity contribution in [3.8, 4) is 0 Å². The van der Waals surface area contributed by atoms with E-state index in [1.807, 2.05) is 101 Å². The van der Waals surface area contributed by atoms with Crippen LogP contribution < -0.4 is 10.6 Å². The number of Topliss-reactive ketones (excluding diaryl/α,β-unsaturated/α-hetero) is 2. The molecule has 24 nitrogen and oxygen atoms in total. The zero-order valence-electron chi connectivity index (χ0n) is 66.0. The molecule has 99 heavy (non-hydrogen) atoms. The SMILES string of the molecule is C/C=C/C[C@@H](C)[C@@H](O[Si](C)(C)C)[C@H]1C(=O)N[C@@H](CC)C(=O)N(C)[C@H](C)C(=O)N(C)[C@@H]([C@@H](C)OCCCCN2CCOCC2)C(=O)C[C@@H](C(C)C)C(=O)N(C)[C@@H](CC(C)C)C(=O)C[C@@H](C)C(=O)N[C@H](C)C(=O)N(C)[C@@H](CC(C)C)C(=O)N(C)[C@@H](CC(C)C)C(=O)N(C)[C@@H](C(C)C)C(=O)N1C. The molecule has 0 aliphatic carbocycles. The van der Waals surface area contributed by atoms with Gasteiger partial charge in [0.2, 0.25) is 53.2 Å². The van der Waals surface area contributed by atoms with Gasteiger partial charge in [-0.25, -0.2) is 0 Å². The van der Waals surface area contributed by atoms with Crippen LogP contribution in [0.25, 0.3) is 0 Å². The smallest absolute Gasteiger partial charge is 0.246 e. The third kappa shape index (κ3) is 26.3. The first kappa shape index (κ1) is 89.5. The van der Waals surface area contributed by atoms with Crippen LogP contribution in [0.15, 0.2) is 12.2 Å². The number of morpholine rings is 1. The fourth-order valence-corrected chi connectivity index (χ4v) is 14.6. The number of hydrogen-bond donors (Lipinski definition) is 2. The number of ether oxygens (including phenoxy) is 2. The van der Waals surface area contributed by atoms with Gasteiger partial charge in [0.15, 0.2) is 19.9 Å². The largest absolute Gasteiger partial charge is 0.412 e. The van der Waals surface area contributed by atoms with Crippen molar-refractivity contribution in [2.75, 3.05) is 88.8 Å². The monoisotopic (exact) mass is 1410 g/mol. The molecule has 2 aliphatic rings. The lowest BCUT2D eigenvalue weighted by atomic mass is 9.85. The highest BCUT2D eigenvalue weighted by atomic mass is 28.4. The van der Waals surface area contributed by atoms with E-state index >= 15 is 38.4 Å². The van der Waals surface area contributed by atoms with Crippen LogP contribution in [0.2, 0.25) is 19.6 Å². The van der Waals surface area contributed by atoms with E-state index in [9.17, 15) is 14.4 Å². The molecule has 0 bridgehead atoms. The van der Waals surface area contributed by atoms with E-state index in [4.69, 9.17) is 13.9 Å². The number of likely N-dealkylation sites (N-methyl/N-ethyl adjacent to an activating group) is 7. The van der Waals surface area contributed by atoms with Crippen molar-refractivity contribution in [2.24, 2.45) is 47.3 Å². The number of amides is 9. The molecule has 2 aliphatic heterocycles. The molecule has 0 unspecified atom stereocenters. The first-order chi connectivity index (χ1) is 45.9. The molecule has 0 aromatic rings. The maximum absolute atomic E-state index is 15.7. The molecule has 9 amide bonds. The highest BCUT2D eigenvalue weighted by molar-refractivity contribution is 6.69. The Morgan fingerprint density at radius 2 is 1.03 bits per heavy atom. The first-order valence-electron chi connectivity index (χ1n) is 36.6. The number of ketones is 2. The second kappa shape index (κ2) is 41.5. The number of unbranched alkanes of at least 4 members (excludes halogenated alkanes) is 1. The predicted molar refractivity (Wildman–Crippen MR) is 390 cm³/mol. The molecule has 0 aromatic heterocycles. The quantitative estimate of drug-likeness (QED) is 0.0618. The van der Waals surface area contributed by atoms with Crippen LogP contribution in [-0.2, 0) is 66.6 Å². The van der Waals surface area contributed by atoms with E-state index in [1.54, 1.807) is 34.6 Å². The zero-order chi connectivity index (χ0) is 76.0. The third-order valence-corrected chi connectivity index (χ3v) is 20.7. The minimum absolute atomic E-state index is 0.0499. The molecule has 0 aromatic carbocycles. The van der Waals surface area contributed by atoms with Gasteiger partial charge < -0.3 is 58.8 Å². The van der Waals surface area contributed by atoms with Crippen LogP contribution in [0.3, 0.4) is 0 Å². The fraction of sp³-hybridized carbons (Fsp3) is 0.824. The number of carbonyl (C=O) groups excluding carboxylic acids is 11.